The van der Waals surface area contributed by atoms with E-state index in [2.05, 4.69) is 4.74 Å². The number of aliphatic hydroxyl groups is 1. The summed E-state index contributed by atoms with van der Waals surface area (Å²) in [4.78, 5) is 0. The third-order valence-electron chi connectivity index (χ3n) is 2.65. The van der Waals surface area contributed by atoms with E-state index in [9.17, 15) is 5.11 Å². The molecular formula is C21H28O4. The van der Waals surface area contributed by atoms with Crippen LogP contribution >= 0.6 is 0 Å². The van der Waals surface area contributed by atoms with Crippen molar-refractivity contribution >= 4 is 0 Å². The number of hydrogen-bond acceptors (Lipinski definition) is 4. The van der Waals surface area contributed by atoms with Crippen LogP contribution in [0.5, 0.6) is 17.2 Å². The number of ether oxygens (including phenoxy) is 3. The Morgan fingerprint density at radius 2 is 2.08 bits per heavy atom. The van der Waals surface area contributed by atoms with Crippen LogP contribution in [0.3, 0.4) is 0 Å². The number of benzene rings is 2. The van der Waals surface area contributed by atoms with Crippen LogP contribution in [0.25, 0.3) is 0 Å². The second kappa shape index (κ2) is 9.94. The summed E-state index contributed by atoms with van der Waals surface area (Å²) in [5.74, 6) is -2.64. The van der Waals surface area contributed by atoms with Crippen molar-refractivity contribution in [2.24, 2.45) is 0 Å². The zero-order valence-electron chi connectivity index (χ0n) is 31.5. The zero-order chi connectivity index (χ0) is 33.8. The first-order valence-corrected chi connectivity index (χ1v) is 6.97. The fraction of sp³-hybridized carbons (Fsp3) is 0.429. The molecule has 0 aromatic heterocycles. The standard InChI is InChI=1S/C21H28O4/c1-16-7-6-10-19(13-16)25-15-18(22)9-5-4-8-17-11-12-20(23-2)21(14-17)24-3/h6-7,10-14,18,22H,4-5,8-9,15H2,1-3H3/i3D3,4D2,6D,7D,8D2,9D2,10D,11D,12D,13D,14D,15D2. The van der Waals surface area contributed by atoms with Crippen LogP contribution in [0.4, 0.5) is 0 Å². The molecule has 0 saturated carbocycles. The van der Waals surface area contributed by atoms with Crippen LogP contribution in [-0.2, 0) is 6.37 Å². The predicted molar refractivity (Wildman–Crippen MR) is 99.8 cm³/mol. The lowest BCUT2D eigenvalue weighted by Crippen LogP contribution is -2.17. The van der Waals surface area contributed by atoms with E-state index in [1.807, 2.05) is 0 Å². The van der Waals surface area contributed by atoms with Gasteiger partial charge in [-0.1, -0.05) is 24.5 Å². The highest BCUT2D eigenvalue weighted by atomic mass is 16.5. The van der Waals surface area contributed by atoms with Crippen molar-refractivity contribution in [3.8, 4) is 17.2 Å². The number of rotatable bonds is 10. The Hall–Kier alpha value is -2.20. The topological polar surface area (TPSA) is 47.9 Å². The molecule has 136 valence electrons. The van der Waals surface area contributed by atoms with Crippen LogP contribution in [0.1, 0.15) is 55.0 Å². The van der Waals surface area contributed by atoms with Gasteiger partial charge < -0.3 is 19.3 Å². The summed E-state index contributed by atoms with van der Waals surface area (Å²) in [5, 5.41) is 10.7. The molecule has 0 spiro atoms. The lowest BCUT2D eigenvalue weighted by atomic mass is 10.0. The van der Waals surface area contributed by atoms with E-state index in [4.69, 9.17) is 34.1 Å². The minimum absolute atomic E-state index is 0.179. The Balaban J connectivity index is 2.58. The second-order valence-corrected chi connectivity index (χ2v) is 4.47. The molecule has 0 fully saturated rings. The molecule has 0 aliphatic heterocycles. The summed E-state index contributed by atoms with van der Waals surface area (Å²) in [6, 6.07) is -6.13. The van der Waals surface area contributed by atoms with Gasteiger partial charge in [-0.3, -0.25) is 0 Å². The Labute approximate surface area is 175 Å². The Morgan fingerprint density at radius 3 is 2.88 bits per heavy atom. The van der Waals surface area contributed by atoms with E-state index in [1.165, 1.54) is 6.92 Å². The average molecular weight is 363 g/mol. The molecule has 0 bridgehead atoms. The van der Waals surface area contributed by atoms with E-state index in [0.29, 0.717) is 0 Å². The average Bonchev–Trinajstić information content (AvgIpc) is 2.85. The number of hydrogen-bond donors (Lipinski definition) is 1. The minimum atomic E-state index is -3.57. The van der Waals surface area contributed by atoms with Crippen LogP contribution in [0, 0.1) is 6.92 Å². The fourth-order valence-electron chi connectivity index (χ4n) is 1.56. The summed E-state index contributed by atoms with van der Waals surface area (Å²) in [7, 11) is -2.29. The summed E-state index contributed by atoms with van der Waals surface area (Å²) in [6.45, 7) is -2.30. The zero-order valence-corrected chi connectivity index (χ0v) is 13.5. The predicted octanol–water partition coefficient (Wildman–Crippen LogP) is 4.16. The summed E-state index contributed by atoms with van der Waals surface area (Å²) >= 11 is 0. The Morgan fingerprint density at radius 1 is 1.20 bits per heavy atom. The van der Waals surface area contributed by atoms with Gasteiger partial charge in [0.25, 0.3) is 0 Å². The first kappa shape index (κ1) is 6.20. The SMILES string of the molecule is [2H]c1c([2H])c(C)c([2H])c(OC([2H])([2H])C(O)C([2H])([2H])CC([2H])([2H])C([2H])([2H])c2c([2H])c([2H])c(OC)c(OC([2H])([2H])[2H])c2[2H])c1[2H]. The van der Waals surface area contributed by atoms with Crippen molar-refractivity contribution in [2.75, 3.05) is 20.7 Å². The highest BCUT2D eigenvalue weighted by Gasteiger charge is 2.07. The molecule has 2 aromatic carbocycles. The van der Waals surface area contributed by atoms with Crippen LogP contribution < -0.4 is 14.2 Å². The van der Waals surface area contributed by atoms with Gasteiger partial charge in [0.15, 0.2) is 11.5 Å². The van der Waals surface area contributed by atoms with E-state index in [0.717, 1.165) is 7.11 Å². The van der Waals surface area contributed by atoms with Crippen molar-refractivity contribution in [1.82, 2.24) is 0 Å². The van der Waals surface area contributed by atoms with Gasteiger partial charge in [-0.05, 0) is 61.3 Å². The third-order valence-corrected chi connectivity index (χ3v) is 2.65. The van der Waals surface area contributed by atoms with Crippen molar-refractivity contribution in [1.29, 1.82) is 0 Å². The van der Waals surface area contributed by atoms with Gasteiger partial charge in [0, 0.05) is 8.22 Å². The van der Waals surface area contributed by atoms with E-state index < -0.39 is 110 Å². The molecule has 1 N–H and O–H groups in total. The maximum Gasteiger partial charge on any atom is 0.160 e. The molecule has 4 nitrogen and oxygen atoms in total. The lowest BCUT2D eigenvalue weighted by molar-refractivity contribution is 0.0976. The molecule has 2 rings (SSSR count). The van der Waals surface area contributed by atoms with Crippen molar-refractivity contribution in [3.63, 3.8) is 0 Å². The monoisotopic (exact) mass is 362 g/mol. The summed E-state index contributed by atoms with van der Waals surface area (Å²) < 4.78 is 159. The van der Waals surface area contributed by atoms with Crippen molar-refractivity contribution in [3.05, 3.63) is 53.4 Å². The highest BCUT2D eigenvalue weighted by molar-refractivity contribution is 5.42. The molecular weight excluding hydrogens is 316 g/mol. The number of aliphatic hydroxyl groups excluding tert-OH is 1. The van der Waals surface area contributed by atoms with Crippen LogP contribution in [0.15, 0.2) is 42.3 Å². The maximum absolute atomic E-state index is 10.7. The van der Waals surface area contributed by atoms with Crippen LogP contribution in [0.2, 0.25) is 0 Å². The van der Waals surface area contributed by atoms with Gasteiger partial charge in [0.2, 0.25) is 0 Å². The first-order valence-electron chi connectivity index (χ1n) is 16.0. The first-order chi connectivity index (χ1) is 19.2. The van der Waals surface area contributed by atoms with E-state index in [-0.39, 0.29) is 5.56 Å². The molecule has 0 saturated heterocycles. The Bertz CT molecular complexity index is 1360. The molecule has 1 atom stereocenters. The van der Waals surface area contributed by atoms with Gasteiger partial charge in [-0.2, -0.15) is 0 Å². The Kier molecular flexibility index (Phi) is 2.47. The normalized spacial score (nSPS) is 25.1. The molecule has 1 unspecified atom stereocenters. The van der Waals surface area contributed by atoms with Gasteiger partial charge in [0.1, 0.15) is 12.3 Å². The van der Waals surface area contributed by atoms with Crippen LogP contribution in [-0.4, -0.2) is 31.9 Å². The highest BCUT2D eigenvalue weighted by Crippen LogP contribution is 2.28. The summed E-state index contributed by atoms with van der Waals surface area (Å²) in [6.07, 6.45) is -15.1. The van der Waals surface area contributed by atoms with E-state index >= 15 is 0 Å². The molecule has 0 aliphatic rings. The quantitative estimate of drug-likeness (QED) is 0.689. The summed E-state index contributed by atoms with van der Waals surface area (Å²) in [5.41, 5.74) is -1.39. The molecule has 2 aromatic rings. The third kappa shape index (κ3) is 6.31. The largest absolute Gasteiger partial charge is 0.493 e. The van der Waals surface area contributed by atoms with Gasteiger partial charge >= 0.3 is 0 Å². The van der Waals surface area contributed by atoms with Crippen molar-refractivity contribution < 1.29 is 44.0 Å². The maximum atomic E-state index is 10.7. The molecule has 0 heterocycles. The molecule has 0 radical (unpaired) electrons. The minimum Gasteiger partial charge on any atom is -0.493 e. The number of methoxy groups -OCH3 is 2. The van der Waals surface area contributed by atoms with E-state index in [1.54, 1.807) is 0 Å². The molecule has 0 amide bonds. The van der Waals surface area contributed by atoms with Gasteiger partial charge in [-0.15, -0.1) is 0 Å². The fourth-order valence-corrected chi connectivity index (χ4v) is 1.56. The van der Waals surface area contributed by atoms with Crippen molar-refractivity contribution in [2.45, 2.75) is 38.6 Å². The second-order valence-electron chi connectivity index (χ2n) is 4.47. The van der Waals surface area contributed by atoms with Gasteiger partial charge in [0.05, 0.1) is 36.7 Å². The molecule has 4 heteroatoms. The van der Waals surface area contributed by atoms with Gasteiger partial charge in [-0.25, -0.2) is 0 Å². The molecule has 0 aliphatic carbocycles. The lowest BCUT2D eigenvalue weighted by Gasteiger charge is -2.13. The smallest absolute Gasteiger partial charge is 0.160 e. The molecule has 25 heavy (non-hydrogen) atoms.